The molecule has 0 aliphatic carbocycles. The number of hydrogen-bond donors (Lipinski definition) is 2. The monoisotopic (exact) mass is 267 g/mol. The molecule has 4 nitrogen and oxygen atoms in total. The third kappa shape index (κ3) is 3.72. The fraction of sp³-hybridized carbons (Fsp3) is 0.0909. The topological polar surface area (TPSA) is 54.0 Å². The van der Waals surface area contributed by atoms with Crippen LogP contribution in [0.1, 0.15) is 5.56 Å². The molecule has 0 aliphatic rings. The molecular weight excluding hydrogens is 258 g/mol. The lowest BCUT2D eigenvalue weighted by atomic mass is 10.2. The molecule has 0 radical (unpaired) electrons. The van der Waals surface area contributed by atoms with Crippen LogP contribution >= 0.6 is 22.9 Å². The van der Waals surface area contributed by atoms with Crippen LogP contribution in [0.2, 0.25) is 5.02 Å². The van der Waals surface area contributed by atoms with Gasteiger partial charge in [0, 0.05) is 23.1 Å². The molecule has 0 fully saturated rings. The number of carbonyl (C=O) groups excluding carboxylic acids is 1. The van der Waals surface area contributed by atoms with Crippen molar-refractivity contribution >= 4 is 34.1 Å². The van der Waals surface area contributed by atoms with Gasteiger partial charge in [0.25, 0.3) is 0 Å². The Kier molecular flexibility index (Phi) is 3.95. The summed E-state index contributed by atoms with van der Waals surface area (Å²) in [5.74, 6) is 0. The second-order valence-electron chi connectivity index (χ2n) is 3.27. The summed E-state index contributed by atoms with van der Waals surface area (Å²) >= 11 is 7.14. The van der Waals surface area contributed by atoms with E-state index in [9.17, 15) is 4.79 Å². The quantitative estimate of drug-likeness (QED) is 0.898. The summed E-state index contributed by atoms with van der Waals surface area (Å²) < 4.78 is 0. The van der Waals surface area contributed by atoms with Crippen molar-refractivity contribution in [2.75, 3.05) is 5.32 Å². The fourth-order valence-corrected chi connectivity index (χ4v) is 1.86. The summed E-state index contributed by atoms with van der Waals surface area (Å²) in [7, 11) is 0. The minimum atomic E-state index is -0.269. The molecule has 0 aliphatic heterocycles. The number of amides is 2. The number of aromatic nitrogens is 1. The van der Waals surface area contributed by atoms with Crippen molar-refractivity contribution in [3.05, 3.63) is 46.4 Å². The van der Waals surface area contributed by atoms with Gasteiger partial charge in [-0.15, -0.1) is 11.3 Å². The summed E-state index contributed by atoms with van der Waals surface area (Å²) in [5, 5.41) is 8.43. The van der Waals surface area contributed by atoms with E-state index in [0.29, 0.717) is 16.7 Å². The van der Waals surface area contributed by atoms with Gasteiger partial charge in [0.1, 0.15) is 0 Å². The molecule has 1 aromatic heterocycles. The van der Waals surface area contributed by atoms with E-state index in [1.165, 1.54) is 11.3 Å². The molecule has 2 rings (SSSR count). The first-order valence-electron chi connectivity index (χ1n) is 4.93. The molecule has 0 bridgehead atoms. The van der Waals surface area contributed by atoms with Crippen molar-refractivity contribution in [1.82, 2.24) is 10.3 Å². The molecule has 1 aromatic carbocycles. The largest absolute Gasteiger partial charge is 0.334 e. The van der Waals surface area contributed by atoms with E-state index in [1.807, 2.05) is 12.1 Å². The zero-order valence-corrected chi connectivity index (χ0v) is 10.4. The van der Waals surface area contributed by atoms with Gasteiger partial charge in [0.15, 0.2) is 5.13 Å². The van der Waals surface area contributed by atoms with Crippen LogP contribution < -0.4 is 10.6 Å². The van der Waals surface area contributed by atoms with Crippen LogP contribution in [0.4, 0.5) is 9.93 Å². The van der Waals surface area contributed by atoms with Crippen LogP contribution in [-0.2, 0) is 6.54 Å². The summed E-state index contributed by atoms with van der Waals surface area (Å²) in [5.41, 5.74) is 0.990. The molecule has 0 unspecified atom stereocenters. The number of benzene rings is 1. The number of hydrogen-bond acceptors (Lipinski definition) is 3. The molecule has 0 spiro atoms. The van der Waals surface area contributed by atoms with Crippen molar-refractivity contribution in [1.29, 1.82) is 0 Å². The number of thiazole rings is 1. The number of nitrogens with zero attached hydrogens (tertiary/aromatic N) is 1. The lowest BCUT2D eigenvalue weighted by Gasteiger charge is -2.05. The van der Waals surface area contributed by atoms with Gasteiger partial charge in [-0.1, -0.05) is 23.7 Å². The zero-order chi connectivity index (χ0) is 12.1. The maximum Gasteiger partial charge on any atom is 0.321 e. The highest BCUT2D eigenvalue weighted by atomic mass is 35.5. The van der Waals surface area contributed by atoms with Gasteiger partial charge in [-0.3, -0.25) is 5.32 Å². The molecule has 2 amide bonds. The van der Waals surface area contributed by atoms with Gasteiger partial charge in [-0.25, -0.2) is 9.78 Å². The standard InChI is InChI=1S/C11H10ClN3OS/c12-9-3-1-8(2-4-9)7-14-10(16)15-11-13-5-6-17-11/h1-6H,7H2,(H2,13,14,15,16). The Morgan fingerprint density at radius 3 is 2.76 bits per heavy atom. The first-order valence-corrected chi connectivity index (χ1v) is 6.18. The predicted octanol–water partition coefficient (Wildman–Crippen LogP) is 3.12. The average molecular weight is 268 g/mol. The van der Waals surface area contributed by atoms with Gasteiger partial charge in [0.05, 0.1) is 0 Å². The molecule has 0 saturated heterocycles. The van der Waals surface area contributed by atoms with Gasteiger partial charge in [-0.05, 0) is 17.7 Å². The van der Waals surface area contributed by atoms with Gasteiger partial charge in [0.2, 0.25) is 0 Å². The second-order valence-corrected chi connectivity index (χ2v) is 4.60. The van der Waals surface area contributed by atoms with Crippen molar-refractivity contribution in [2.45, 2.75) is 6.54 Å². The number of urea groups is 1. The molecule has 1 heterocycles. The highest BCUT2D eigenvalue weighted by Gasteiger charge is 2.02. The summed E-state index contributed by atoms with van der Waals surface area (Å²) in [6, 6.07) is 7.04. The summed E-state index contributed by atoms with van der Waals surface area (Å²) in [6.07, 6.45) is 1.64. The average Bonchev–Trinajstić information content (AvgIpc) is 2.81. The van der Waals surface area contributed by atoms with E-state index in [2.05, 4.69) is 15.6 Å². The van der Waals surface area contributed by atoms with Crippen molar-refractivity contribution in [3.63, 3.8) is 0 Å². The minimum Gasteiger partial charge on any atom is -0.334 e. The molecule has 0 atom stereocenters. The first-order chi connectivity index (χ1) is 8.24. The third-order valence-corrected chi connectivity index (χ3v) is 2.96. The number of carbonyl (C=O) groups is 1. The zero-order valence-electron chi connectivity index (χ0n) is 8.81. The van der Waals surface area contributed by atoms with Crippen LogP contribution in [0.5, 0.6) is 0 Å². The molecular formula is C11H10ClN3OS. The van der Waals surface area contributed by atoms with Crippen LogP contribution in [0.3, 0.4) is 0 Å². The number of nitrogens with one attached hydrogen (secondary N) is 2. The molecule has 6 heteroatoms. The fourth-order valence-electron chi connectivity index (χ4n) is 1.21. The molecule has 2 aromatic rings. The van der Waals surface area contributed by atoms with E-state index >= 15 is 0 Å². The highest BCUT2D eigenvalue weighted by molar-refractivity contribution is 7.13. The van der Waals surface area contributed by atoms with Crippen LogP contribution in [-0.4, -0.2) is 11.0 Å². The van der Waals surface area contributed by atoms with E-state index in [0.717, 1.165) is 5.56 Å². The van der Waals surface area contributed by atoms with E-state index in [-0.39, 0.29) is 6.03 Å². The van der Waals surface area contributed by atoms with E-state index in [1.54, 1.807) is 23.7 Å². The second kappa shape index (κ2) is 5.65. The Labute approximate surface area is 108 Å². The Balaban J connectivity index is 1.82. The first kappa shape index (κ1) is 11.9. The highest BCUT2D eigenvalue weighted by Crippen LogP contribution is 2.11. The van der Waals surface area contributed by atoms with Crippen molar-refractivity contribution in [3.8, 4) is 0 Å². The Morgan fingerprint density at radius 2 is 2.12 bits per heavy atom. The van der Waals surface area contributed by atoms with Crippen molar-refractivity contribution in [2.24, 2.45) is 0 Å². The molecule has 88 valence electrons. The van der Waals surface area contributed by atoms with E-state index in [4.69, 9.17) is 11.6 Å². The molecule has 17 heavy (non-hydrogen) atoms. The molecule has 0 saturated carbocycles. The minimum absolute atomic E-state index is 0.269. The van der Waals surface area contributed by atoms with Crippen LogP contribution in [0, 0.1) is 0 Å². The normalized spacial score (nSPS) is 9.94. The summed E-state index contributed by atoms with van der Waals surface area (Å²) in [4.78, 5) is 15.4. The summed E-state index contributed by atoms with van der Waals surface area (Å²) in [6.45, 7) is 0.453. The lowest BCUT2D eigenvalue weighted by molar-refractivity contribution is 0.251. The Morgan fingerprint density at radius 1 is 1.35 bits per heavy atom. The Hall–Kier alpha value is -1.59. The lowest BCUT2D eigenvalue weighted by Crippen LogP contribution is -2.28. The van der Waals surface area contributed by atoms with Gasteiger partial charge in [-0.2, -0.15) is 0 Å². The van der Waals surface area contributed by atoms with Gasteiger partial charge < -0.3 is 5.32 Å². The maximum absolute atomic E-state index is 11.5. The van der Waals surface area contributed by atoms with Crippen molar-refractivity contribution < 1.29 is 4.79 Å². The third-order valence-electron chi connectivity index (χ3n) is 2.02. The van der Waals surface area contributed by atoms with Crippen LogP contribution in [0.25, 0.3) is 0 Å². The molecule has 2 N–H and O–H groups in total. The van der Waals surface area contributed by atoms with Crippen LogP contribution in [0.15, 0.2) is 35.8 Å². The smallest absolute Gasteiger partial charge is 0.321 e. The van der Waals surface area contributed by atoms with E-state index < -0.39 is 0 Å². The predicted molar refractivity (Wildman–Crippen MR) is 69.4 cm³/mol. The number of rotatable bonds is 3. The number of halogens is 1. The number of anilines is 1. The van der Waals surface area contributed by atoms with Gasteiger partial charge >= 0.3 is 6.03 Å². The maximum atomic E-state index is 11.5. The SMILES string of the molecule is O=C(NCc1ccc(Cl)cc1)Nc1nccs1. The Bertz CT molecular complexity index is 484.